The third-order valence-electron chi connectivity index (χ3n) is 8.95. The maximum atomic E-state index is 14.2. The van der Waals surface area contributed by atoms with Crippen LogP contribution in [0.5, 0.6) is 0 Å². The molecular formula is C30H42FN7O4SSi. The largest absolute Gasteiger partial charge is 0.395 e. The fourth-order valence-corrected chi connectivity index (χ4v) is 8.76. The first-order chi connectivity index (χ1) is 21.0. The quantitative estimate of drug-likeness (QED) is 0.173. The highest BCUT2D eigenvalue weighted by atomic mass is 32.2. The molecule has 6 rings (SSSR count). The van der Waals surface area contributed by atoms with Gasteiger partial charge in [0, 0.05) is 64.1 Å². The zero-order chi connectivity index (χ0) is 31.1. The fraction of sp³-hybridized carbons (Fsp3) is 0.567. The van der Waals surface area contributed by atoms with E-state index in [0.29, 0.717) is 31.8 Å². The fourth-order valence-electron chi connectivity index (χ4n) is 6.48. The minimum Gasteiger partial charge on any atom is -0.395 e. The van der Waals surface area contributed by atoms with E-state index in [0.717, 1.165) is 61.6 Å². The van der Waals surface area contributed by atoms with Crippen LogP contribution in [0.1, 0.15) is 24.0 Å². The Balaban J connectivity index is 1.30. The maximum absolute atomic E-state index is 14.2. The number of benzene rings is 1. The molecule has 11 nitrogen and oxygen atoms in total. The summed E-state index contributed by atoms with van der Waals surface area (Å²) in [5, 5.41) is 16.9. The highest BCUT2D eigenvalue weighted by Crippen LogP contribution is 2.42. The van der Waals surface area contributed by atoms with Crippen molar-refractivity contribution in [2.45, 2.75) is 63.3 Å². The molecule has 0 bridgehead atoms. The Bertz CT molecular complexity index is 1620. The van der Waals surface area contributed by atoms with Crippen LogP contribution in [0.15, 0.2) is 35.6 Å². The number of ether oxygens (including phenoxy) is 1. The Morgan fingerprint density at radius 2 is 1.98 bits per heavy atom. The molecule has 0 atom stereocenters. The Morgan fingerprint density at radius 3 is 2.73 bits per heavy atom. The summed E-state index contributed by atoms with van der Waals surface area (Å²) in [6.45, 7) is 10.6. The summed E-state index contributed by atoms with van der Waals surface area (Å²) in [7, 11) is -5.28. The van der Waals surface area contributed by atoms with E-state index in [1.165, 1.54) is 26.8 Å². The SMILES string of the molecule is C[Si](C)(C)CCOCn1nc(S(=O)(=O)N2CC3(CCN(CCO)C3)C2)nc1Nc1c(-c2ccnc(F)c2)ccc2c1CCC2. The van der Waals surface area contributed by atoms with Gasteiger partial charge in [0.15, 0.2) is 0 Å². The Kier molecular flexibility index (Phi) is 8.67. The lowest BCUT2D eigenvalue weighted by Crippen LogP contribution is -2.59. The summed E-state index contributed by atoms with van der Waals surface area (Å²) < 4.78 is 50.7. The molecule has 0 radical (unpaired) electrons. The number of aliphatic hydroxyl groups excluding tert-OH is 1. The van der Waals surface area contributed by atoms with Crippen LogP contribution in [0.2, 0.25) is 25.7 Å². The van der Waals surface area contributed by atoms with Crippen LogP contribution in [-0.2, 0) is 34.3 Å². The number of sulfonamides is 1. The normalized spacial score (nSPS) is 18.6. The molecule has 1 aliphatic carbocycles. The van der Waals surface area contributed by atoms with Gasteiger partial charge in [-0.2, -0.15) is 13.7 Å². The van der Waals surface area contributed by atoms with E-state index in [2.05, 4.69) is 51.0 Å². The molecule has 2 fully saturated rings. The topological polar surface area (TPSA) is 126 Å². The average molecular weight is 644 g/mol. The molecular weight excluding hydrogens is 602 g/mol. The molecule has 3 aromatic rings. The van der Waals surface area contributed by atoms with Gasteiger partial charge in [-0.1, -0.05) is 31.8 Å². The van der Waals surface area contributed by atoms with Gasteiger partial charge >= 0.3 is 0 Å². The minimum atomic E-state index is -3.95. The first-order valence-corrected chi connectivity index (χ1v) is 20.5. The molecule has 44 heavy (non-hydrogen) atoms. The highest BCUT2D eigenvalue weighted by Gasteiger charge is 2.52. The number of aryl methyl sites for hydroxylation is 1. The van der Waals surface area contributed by atoms with Crippen LogP contribution >= 0.6 is 0 Å². The number of hydrogen-bond acceptors (Lipinski definition) is 9. The van der Waals surface area contributed by atoms with Gasteiger partial charge in [0.05, 0.1) is 12.3 Å². The number of β-amino-alcohol motifs (C(OH)–C–C–N with tert-alkyl or cyclic N) is 1. The van der Waals surface area contributed by atoms with Crippen LogP contribution in [0, 0.1) is 11.4 Å². The van der Waals surface area contributed by atoms with Crippen molar-refractivity contribution in [2.24, 2.45) is 5.41 Å². The van der Waals surface area contributed by atoms with Gasteiger partial charge in [0.2, 0.25) is 11.9 Å². The number of aromatic nitrogens is 4. The number of halogens is 1. The Labute approximate surface area is 259 Å². The lowest BCUT2D eigenvalue weighted by atomic mass is 9.81. The van der Waals surface area contributed by atoms with Crippen molar-refractivity contribution in [2.75, 3.05) is 51.3 Å². The summed E-state index contributed by atoms with van der Waals surface area (Å²) >= 11 is 0. The number of aliphatic hydroxyl groups is 1. The zero-order valence-electron chi connectivity index (χ0n) is 25.7. The monoisotopic (exact) mass is 643 g/mol. The van der Waals surface area contributed by atoms with Gasteiger partial charge in [-0.3, -0.25) is 0 Å². The molecule has 0 amide bonds. The molecule has 238 valence electrons. The molecule has 0 saturated carbocycles. The average Bonchev–Trinajstić information content (AvgIpc) is 3.69. The second kappa shape index (κ2) is 12.2. The first kappa shape index (κ1) is 31.2. The van der Waals surface area contributed by atoms with Crippen molar-refractivity contribution < 1.29 is 22.7 Å². The second-order valence-electron chi connectivity index (χ2n) is 13.6. The number of fused-ring (bicyclic) bond motifs is 1. The number of nitrogens with zero attached hydrogens (tertiary/aromatic N) is 6. The molecule has 2 saturated heterocycles. The number of nitrogens with one attached hydrogen (secondary N) is 1. The van der Waals surface area contributed by atoms with Crippen molar-refractivity contribution in [1.82, 2.24) is 29.0 Å². The van der Waals surface area contributed by atoms with E-state index in [1.54, 1.807) is 6.07 Å². The maximum Gasteiger partial charge on any atom is 0.284 e. The number of pyridine rings is 1. The second-order valence-corrected chi connectivity index (χ2v) is 21.0. The molecule has 0 unspecified atom stereocenters. The molecule has 4 heterocycles. The lowest BCUT2D eigenvalue weighted by molar-refractivity contribution is 0.0733. The number of likely N-dealkylation sites (tertiary alicyclic amines) is 1. The van der Waals surface area contributed by atoms with Crippen molar-refractivity contribution in [3.05, 3.63) is 47.5 Å². The van der Waals surface area contributed by atoms with Crippen LogP contribution in [0.4, 0.5) is 16.0 Å². The molecule has 3 aliphatic rings. The minimum absolute atomic E-state index is 0.0453. The third-order valence-corrected chi connectivity index (χ3v) is 12.2. The van der Waals surface area contributed by atoms with Crippen molar-refractivity contribution in [1.29, 1.82) is 0 Å². The first-order valence-electron chi connectivity index (χ1n) is 15.4. The van der Waals surface area contributed by atoms with Gasteiger partial charge in [0.1, 0.15) is 6.73 Å². The Hall–Kier alpha value is -2.75. The number of hydrogen-bond donors (Lipinski definition) is 2. The van der Waals surface area contributed by atoms with Gasteiger partial charge in [0.25, 0.3) is 15.2 Å². The summed E-state index contributed by atoms with van der Waals surface area (Å²) in [4.78, 5) is 10.4. The summed E-state index contributed by atoms with van der Waals surface area (Å²) in [5.74, 6) is -0.312. The van der Waals surface area contributed by atoms with Crippen LogP contribution in [0.3, 0.4) is 0 Å². The van der Waals surface area contributed by atoms with Gasteiger partial charge in [-0.25, -0.2) is 18.1 Å². The number of rotatable bonds is 12. The van der Waals surface area contributed by atoms with Crippen molar-refractivity contribution >= 4 is 29.7 Å². The Morgan fingerprint density at radius 1 is 1.16 bits per heavy atom. The zero-order valence-corrected chi connectivity index (χ0v) is 27.5. The highest BCUT2D eigenvalue weighted by molar-refractivity contribution is 7.89. The summed E-state index contributed by atoms with van der Waals surface area (Å²) in [6.07, 6.45) is 5.11. The smallest absolute Gasteiger partial charge is 0.284 e. The van der Waals surface area contributed by atoms with Crippen LogP contribution in [0.25, 0.3) is 11.1 Å². The van der Waals surface area contributed by atoms with E-state index in [-0.39, 0.29) is 29.9 Å². The van der Waals surface area contributed by atoms with Gasteiger partial charge < -0.3 is 20.1 Å². The van der Waals surface area contributed by atoms with Gasteiger partial charge in [-0.05, 0) is 61.0 Å². The van der Waals surface area contributed by atoms with E-state index >= 15 is 0 Å². The predicted octanol–water partition coefficient (Wildman–Crippen LogP) is 3.71. The van der Waals surface area contributed by atoms with E-state index in [4.69, 9.17) is 4.74 Å². The van der Waals surface area contributed by atoms with Crippen molar-refractivity contribution in [3.63, 3.8) is 0 Å². The predicted molar refractivity (Wildman–Crippen MR) is 168 cm³/mol. The molecule has 1 spiro atoms. The molecule has 1 aromatic carbocycles. The summed E-state index contributed by atoms with van der Waals surface area (Å²) in [6, 6.07) is 8.15. The molecule has 2 aromatic heterocycles. The standard InChI is InChI=1S/C30H42FN7O4SSi/c1-44(2,3)16-15-42-21-38-28(33-27-24-6-4-5-22(24)7-8-25(27)23-9-11-32-26(31)17-23)34-29(35-38)43(40,41)37-19-30(20-37)10-12-36(18-30)13-14-39/h7-9,11,17,39H,4-6,10,12-16,18-21H2,1-3H3,(H,33,34,35). The lowest BCUT2D eigenvalue weighted by Gasteiger charge is -2.46. The number of anilines is 2. The molecule has 2 N–H and O–H groups in total. The van der Waals surface area contributed by atoms with Crippen LogP contribution in [-0.4, -0.2) is 96.5 Å². The van der Waals surface area contributed by atoms with E-state index in [1.807, 2.05) is 6.07 Å². The third kappa shape index (κ3) is 6.46. The van der Waals surface area contributed by atoms with E-state index in [9.17, 15) is 17.9 Å². The molecule has 2 aliphatic heterocycles. The molecule has 14 heteroatoms. The van der Waals surface area contributed by atoms with Crippen LogP contribution < -0.4 is 5.32 Å². The van der Waals surface area contributed by atoms with E-state index < -0.39 is 24.0 Å². The van der Waals surface area contributed by atoms with Crippen molar-refractivity contribution in [3.8, 4) is 11.1 Å². The van der Waals surface area contributed by atoms with Gasteiger partial charge in [-0.15, -0.1) is 5.10 Å². The summed E-state index contributed by atoms with van der Waals surface area (Å²) in [5.41, 5.74) is 4.43.